The molecule has 0 aliphatic carbocycles. The Morgan fingerprint density at radius 1 is 1.15 bits per heavy atom. The number of nitrogens with one attached hydrogen (secondary N) is 1. The minimum atomic E-state index is -0.967. The van der Waals surface area contributed by atoms with Gasteiger partial charge in [0.1, 0.15) is 11.3 Å². The van der Waals surface area contributed by atoms with Crippen LogP contribution in [0.25, 0.3) is 16.7 Å². The van der Waals surface area contributed by atoms with Crippen LogP contribution in [0.15, 0.2) is 58.0 Å². The summed E-state index contributed by atoms with van der Waals surface area (Å²) in [6.45, 7) is 8.09. The number of rotatable bonds is 7. The molecule has 0 aliphatic rings. The fraction of sp³-hybridized carbons (Fsp3) is 0.192. The van der Waals surface area contributed by atoms with Crippen molar-refractivity contribution in [1.82, 2.24) is 9.99 Å². The molecule has 2 N–H and O–H groups in total. The topological polar surface area (TPSA) is 106 Å². The van der Waals surface area contributed by atoms with Crippen molar-refractivity contribution in [2.45, 2.75) is 27.7 Å². The van der Waals surface area contributed by atoms with Gasteiger partial charge in [-0.2, -0.15) is 5.10 Å². The van der Waals surface area contributed by atoms with Crippen LogP contribution in [-0.2, 0) is 0 Å². The van der Waals surface area contributed by atoms with Gasteiger partial charge in [-0.25, -0.2) is 10.2 Å². The first kappa shape index (κ1) is 22.8. The highest BCUT2D eigenvalue weighted by molar-refractivity contribution is 5.97. The minimum Gasteiger partial charge on any atom is -0.494 e. The Morgan fingerprint density at radius 3 is 2.68 bits per heavy atom. The first-order chi connectivity index (χ1) is 16.3. The number of carboxylic acids is 1. The van der Waals surface area contributed by atoms with Crippen LogP contribution in [0.3, 0.4) is 0 Å². The maximum atomic E-state index is 12.5. The number of benzene rings is 2. The van der Waals surface area contributed by atoms with Crippen molar-refractivity contribution < 1.29 is 23.8 Å². The van der Waals surface area contributed by atoms with E-state index in [-0.39, 0.29) is 11.3 Å². The third-order valence-corrected chi connectivity index (χ3v) is 5.64. The average Bonchev–Trinajstić information content (AvgIpc) is 3.34. The second kappa shape index (κ2) is 9.27. The molecule has 0 atom stereocenters. The van der Waals surface area contributed by atoms with Gasteiger partial charge >= 0.3 is 11.9 Å². The molecule has 0 saturated heterocycles. The molecule has 4 rings (SSSR count). The normalized spacial score (nSPS) is 11.3. The maximum Gasteiger partial charge on any atom is 0.336 e. The molecule has 0 spiro atoms. The zero-order valence-electron chi connectivity index (χ0n) is 19.4. The average molecular weight is 460 g/mol. The lowest BCUT2D eigenvalue weighted by Gasteiger charge is -2.14. The molecule has 8 nitrogen and oxygen atoms in total. The largest absolute Gasteiger partial charge is 0.494 e. The molecule has 34 heavy (non-hydrogen) atoms. The molecule has 8 heteroatoms. The Labute approximate surface area is 196 Å². The van der Waals surface area contributed by atoms with Gasteiger partial charge < -0.3 is 18.8 Å². The van der Waals surface area contributed by atoms with Gasteiger partial charge in [0.05, 0.1) is 18.4 Å². The highest BCUT2D eigenvalue weighted by atomic mass is 16.5. The van der Waals surface area contributed by atoms with Crippen molar-refractivity contribution >= 4 is 29.1 Å². The predicted molar refractivity (Wildman–Crippen MR) is 129 cm³/mol. The Hall–Kier alpha value is -4.33. The first-order valence-corrected chi connectivity index (χ1v) is 10.8. The van der Waals surface area contributed by atoms with Crippen molar-refractivity contribution in [2.75, 3.05) is 6.61 Å². The molecular formula is C26H25N3O5. The predicted octanol–water partition coefficient (Wildman–Crippen LogP) is 5.01. The second-order valence-electron chi connectivity index (χ2n) is 7.86. The number of ether oxygens (including phenoxy) is 1. The number of hydrogen-bond acceptors (Lipinski definition) is 5. The smallest absolute Gasteiger partial charge is 0.336 e. The number of hydrazone groups is 1. The molecule has 0 bridgehead atoms. The van der Waals surface area contributed by atoms with Crippen LogP contribution in [-0.4, -0.2) is 34.4 Å². The van der Waals surface area contributed by atoms with E-state index in [1.54, 1.807) is 43.5 Å². The van der Waals surface area contributed by atoms with E-state index in [0.29, 0.717) is 23.5 Å². The van der Waals surface area contributed by atoms with Gasteiger partial charge in [-0.05, 0) is 75.7 Å². The number of aromatic carboxylic acids is 1. The summed E-state index contributed by atoms with van der Waals surface area (Å²) in [5.74, 6) is -0.581. The zero-order valence-corrected chi connectivity index (χ0v) is 19.4. The molecule has 0 aliphatic heterocycles. The summed E-state index contributed by atoms with van der Waals surface area (Å²) in [6, 6.07) is 14.1. The van der Waals surface area contributed by atoms with Crippen LogP contribution in [0.1, 0.15) is 50.4 Å². The Balaban J connectivity index is 1.54. The number of hydrogen-bond donors (Lipinski definition) is 2. The van der Waals surface area contributed by atoms with Crippen molar-refractivity contribution in [2.24, 2.45) is 5.10 Å². The number of amides is 1. The Kier molecular flexibility index (Phi) is 6.23. The van der Waals surface area contributed by atoms with Crippen molar-refractivity contribution in [3.63, 3.8) is 0 Å². The molecule has 2 heterocycles. The van der Waals surface area contributed by atoms with E-state index in [1.165, 1.54) is 0 Å². The zero-order chi connectivity index (χ0) is 24.4. The third kappa shape index (κ3) is 4.30. The van der Waals surface area contributed by atoms with Crippen molar-refractivity contribution in [3.05, 3.63) is 82.4 Å². The van der Waals surface area contributed by atoms with Crippen molar-refractivity contribution in [3.8, 4) is 11.4 Å². The monoisotopic (exact) mass is 459 g/mol. The van der Waals surface area contributed by atoms with E-state index < -0.39 is 11.9 Å². The SMILES string of the molecule is CCOc1ccc2oc(C(=O)N/N=C/c3cc(C)n(-c4cccc(C(=O)O)c4C)c3C)cc2c1. The van der Waals surface area contributed by atoms with Gasteiger partial charge in [0.2, 0.25) is 0 Å². The Bertz CT molecular complexity index is 1430. The van der Waals surface area contributed by atoms with Gasteiger partial charge in [0.15, 0.2) is 5.76 Å². The van der Waals surface area contributed by atoms with E-state index in [0.717, 1.165) is 28.0 Å². The summed E-state index contributed by atoms with van der Waals surface area (Å²) in [4.78, 5) is 24.1. The van der Waals surface area contributed by atoms with Crippen LogP contribution in [0.5, 0.6) is 5.75 Å². The van der Waals surface area contributed by atoms with Crippen molar-refractivity contribution in [1.29, 1.82) is 0 Å². The summed E-state index contributed by atoms with van der Waals surface area (Å²) in [5, 5.41) is 14.3. The van der Waals surface area contributed by atoms with Crippen LogP contribution in [0.4, 0.5) is 0 Å². The lowest BCUT2D eigenvalue weighted by atomic mass is 10.1. The number of carbonyl (C=O) groups is 2. The van der Waals surface area contributed by atoms with E-state index in [4.69, 9.17) is 9.15 Å². The lowest BCUT2D eigenvalue weighted by molar-refractivity contribution is 0.0695. The van der Waals surface area contributed by atoms with E-state index in [9.17, 15) is 14.7 Å². The molecule has 0 fully saturated rings. The molecule has 174 valence electrons. The van der Waals surface area contributed by atoms with Crippen LogP contribution >= 0.6 is 0 Å². The van der Waals surface area contributed by atoms with Gasteiger partial charge in [-0.3, -0.25) is 4.79 Å². The molecule has 2 aromatic heterocycles. The van der Waals surface area contributed by atoms with Gasteiger partial charge in [0.25, 0.3) is 0 Å². The number of nitrogens with zero attached hydrogens (tertiary/aromatic N) is 2. The quantitative estimate of drug-likeness (QED) is 0.298. The van der Waals surface area contributed by atoms with Gasteiger partial charge in [-0.15, -0.1) is 0 Å². The third-order valence-electron chi connectivity index (χ3n) is 5.64. The second-order valence-corrected chi connectivity index (χ2v) is 7.86. The Morgan fingerprint density at radius 2 is 1.94 bits per heavy atom. The van der Waals surface area contributed by atoms with E-state index in [2.05, 4.69) is 10.5 Å². The number of fused-ring (bicyclic) bond motifs is 1. The maximum absolute atomic E-state index is 12.5. The number of aryl methyl sites for hydroxylation is 1. The van der Waals surface area contributed by atoms with E-state index >= 15 is 0 Å². The fourth-order valence-electron chi connectivity index (χ4n) is 3.99. The molecule has 2 aromatic carbocycles. The van der Waals surface area contributed by atoms with Gasteiger partial charge in [0, 0.05) is 28.0 Å². The summed E-state index contributed by atoms with van der Waals surface area (Å²) in [5.41, 5.74) is 7.37. The minimum absolute atomic E-state index is 0.146. The number of aromatic nitrogens is 1. The molecule has 0 saturated carbocycles. The van der Waals surface area contributed by atoms with Crippen LogP contribution in [0.2, 0.25) is 0 Å². The molecular weight excluding hydrogens is 434 g/mol. The lowest BCUT2D eigenvalue weighted by Crippen LogP contribution is -2.16. The highest BCUT2D eigenvalue weighted by Crippen LogP contribution is 2.26. The highest BCUT2D eigenvalue weighted by Gasteiger charge is 2.16. The molecule has 4 aromatic rings. The van der Waals surface area contributed by atoms with Crippen LogP contribution < -0.4 is 10.2 Å². The molecule has 0 unspecified atom stereocenters. The standard InChI is InChI=1S/C26H25N3O5/c1-5-33-20-9-10-23-18(12-20)13-24(34-23)25(30)28-27-14-19-11-15(2)29(17(19)4)22-8-6-7-21(16(22)3)26(31)32/h6-14H,5H2,1-4H3,(H,28,30)(H,31,32)/b27-14+. The summed E-state index contributed by atoms with van der Waals surface area (Å²) < 4.78 is 13.1. The first-order valence-electron chi connectivity index (χ1n) is 10.8. The molecule has 0 radical (unpaired) electrons. The summed E-state index contributed by atoms with van der Waals surface area (Å²) in [7, 11) is 0. The fourth-order valence-corrected chi connectivity index (χ4v) is 3.99. The number of carboxylic acid groups (broad SMARTS) is 1. The summed E-state index contributed by atoms with van der Waals surface area (Å²) in [6.07, 6.45) is 1.56. The van der Waals surface area contributed by atoms with Crippen LogP contribution in [0, 0.1) is 20.8 Å². The van der Waals surface area contributed by atoms with E-state index in [1.807, 2.05) is 43.5 Å². The number of carbonyl (C=O) groups excluding carboxylic acids is 1. The summed E-state index contributed by atoms with van der Waals surface area (Å²) >= 11 is 0. The number of furan rings is 1. The van der Waals surface area contributed by atoms with Gasteiger partial charge in [-0.1, -0.05) is 6.07 Å². The molecule has 1 amide bonds.